The number of carboxylic acids is 1. The molecule has 0 radical (unpaired) electrons. The van der Waals surface area contributed by atoms with E-state index in [0.29, 0.717) is 16.0 Å². The highest BCUT2D eigenvalue weighted by Gasteiger charge is 2.21. The van der Waals surface area contributed by atoms with E-state index in [1.54, 1.807) is 6.07 Å². The lowest BCUT2D eigenvalue weighted by atomic mass is 10.1. The zero-order chi connectivity index (χ0) is 12.6. The van der Waals surface area contributed by atoms with Gasteiger partial charge in [-0.25, -0.2) is 4.79 Å². The smallest absolute Gasteiger partial charge is 0.396 e. The third kappa shape index (κ3) is 2.02. The fourth-order valence-corrected chi connectivity index (χ4v) is 2.15. The molecular weight excluding hydrogens is 246 g/mol. The molecule has 0 spiro atoms. The van der Waals surface area contributed by atoms with Crippen LogP contribution >= 0.6 is 11.3 Å². The molecule has 0 aliphatic heterocycles. The van der Waals surface area contributed by atoms with Crippen molar-refractivity contribution >= 4 is 27.6 Å². The number of aliphatic carboxylic acids is 1. The standard InChI is InChI=1S/C10H9NO5S/c1-15-5-3-7-6(16-10(14)17-7)2-4(5)8(11)9(12)13/h2-3,8H,11H2,1H3,(H,12,13). The van der Waals surface area contributed by atoms with Gasteiger partial charge in [-0.2, -0.15) is 0 Å². The summed E-state index contributed by atoms with van der Waals surface area (Å²) in [7, 11) is 1.40. The molecule has 1 atom stereocenters. The average molecular weight is 255 g/mol. The van der Waals surface area contributed by atoms with Crippen molar-refractivity contribution in [2.75, 3.05) is 7.11 Å². The van der Waals surface area contributed by atoms with Crippen LogP contribution in [0.15, 0.2) is 21.3 Å². The van der Waals surface area contributed by atoms with Gasteiger partial charge in [-0.3, -0.25) is 4.79 Å². The van der Waals surface area contributed by atoms with E-state index in [-0.39, 0.29) is 5.56 Å². The molecule has 1 heterocycles. The molecule has 2 aromatic rings. The number of benzene rings is 1. The molecule has 0 bridgehead atoms. The van der Waals surface area contributed by atoms with Crippen molar-refractivity contribution in [2.24, 2.45) is 5.73 Å². The molecule has 0 fully saturated rings. The van der Waals surface area contributed by atoms with E-state index in [9.17, 15) is 9.59 Å². The van der Waals surface area contributed by atoms with Gasteiger partial charge in [0.1, 0.15) is 17.4 Å². The third-order valence-corrected chi connectivity index (χ3v) is 3.07. The summed E-state index contributed by atoms with van der Waals surface area (Å²) in [5.74, 6) is -0.857. The monoisotopic (exact) mass is 255 g/mol. The Morgan fingerprint density at radius 3 is 2.88 bits per heavy atom. The van der Waals surface area contributed by atoms with Gasteiger partial charge >= 0.3 is 10.9 Å². The van der Waals surface area contributed by atoms with Gasteiger partial charge < -0.3 is 20.0 Å². The van der Waals surface area contributed by atoms with Crippen molar-refractivity contribution in [1.82, 2.24) is 0 Å². The molecule has 0 amide bonds. The fourth-order valence-electron chi connectivity index (χ4n) is 1.47. The SMILES string of the molecule is COc1cc2sc(=O)oc2cc1C(N)C(=O)O. The predicted molar refractivity (Wildman–Crippen MR) is 61.5 cm³/mol. The highest BCUT2D eigenvalue weighted by molar-refractivity contribution is 7.16. The Labute approximate surface area is 99.2 Å². The molecular formula is C10H9NO5S. The molecule has 0 aliphatic rings. The highest BCUT2D eigenvalue weighted by Crippen LogP contribution is 2.30. The molecule has 6 nitrogen and oxygen atoms in total. The summed E-state index contributed by atoms with van der Waals surface area (Å²) in [5.41, 5.74) is 6.10. The van der Waals surface area contributed by atoms with Crippen LogP contribution in [0, 0.1) is 0 Å². The van der Waals surface area contributed by atoms with Gasteiger partial charge in [-0.05, 0) is 6.07 Å². The van der Waals surface area contributed by atoms with Crippen molar-refractivity contribution in [3.05, 3.63) is 27.4 Å². The molecule has 17 heavy (non-hydrogen) atoms. The largest absolute Gasteiger partial charge is 0.496 e. The number of hydrogen-bond acceptors (Lipinski definition) is 6. The Bertz CT molecular complexity index is 629. The zero-order valence-corrected chi connectivity index (χ0v) is 9.61. The minimum atomic E-state index is -1.22. The van der Waals surface area contributed by atoms with Crippen LogP contribution in [0.3, 0.4) is 0 Å². The van der Waals surface area contributed by atoms with Crippen molar-refractivity contribution < 1.29 is 19.1 Å². The Kier molecular flexibility index (Phi) is 2.86. The maximum absolute atomic E-state index is 11.1. The molecule has 7 heteroatoms. The average Bonchev–Trinajstić information content (AvgIpc) is 2.65. The molecule has 0 saturated heterocycles. The number of rotatable bonds is 3. The lowest BCUT2D eigenvalue weighted by Crippen LogP contribution is -2.21. The first-order valence-electron chi connectivity index (χ1n) is 4.63. The second-order valence-corrected chi connectivity index (χ2v) is 4.29. The van der Waals surface area contributed by atoms with E-state index in [1.165, 1.54) is 13.2 Å². The first-order chi connectivity index (χ1) is 8.02. The minimum absolute atomic E-state index is 0.272. The van der Waals surface area contributed by atoms with Crippen LogP contribution in [0.4, 0.5) is 0 Å². The number of carboxylic acid groups (broad SMARTS) is 1. The van der Waals surface area contributed by atoms with Crippen LogP contribution in [0.25, 0.3) is 10.3 Å². The lowest BCUT2D eigenvalue weighted by Gasteiger charge is -2.11. The first kappa shape index (κ1) is 11.6. The van der Waals surface area contributed by atoms with Crippen molar-refractivity contribution in [1.29, 1.82) is 0 Å². The third-order valence-electron chi connectivity index (χ3n) is 2.28. The second kappa shape index (κ2) is 4.19. The Morgan fingerprint density at radius 1 is 1.59 bits per heavy atom. The Hall–Kier alpha value is -1.86. The maximum Gasteiger partial charge on any atom is 0.396 e. The number of methoxy groups -OCH3 is 1. The molecule has 1 aromatic heterocycles. The van der Waals surface area contributed by atoms with Crippen LogP contribution < -0.4 is 15.4 Å². The van der Waals surface area contributed by atoms with Gasteiger partial charge in [-0.15, -0.1) is 0 Å². The number of fused-ring (bicyclic) bond motifs is 1. The van der Waals surface area contributed by atoms with Crippen LogP contribution in [-0.2, 0) is 4.79 Å². The van der Waals surface area contributed by atoms with Crippen molar-refractivity contribution in [3.63, 3.8) is 0 Å². The van der Waals surface area contributed by atoms with E-state index < -0.39 is 17.0 Å². The van der Waals surface area contributed by atoms with Crippen LogP contribution in [0.2, 0.25) is 0 Å². The van der Waals surface area contributed by atoms with E-state index in [4.69, 9.17) is 20.0 Å². The van der Waals surface area contributed by atoms with E-state index >= 15 is 0 Å². The zero-order valence-electron chi connectivity index (χ0n) is 8.80. The maximum atomic E-state index is 11.1. The number of nitrogens with two attached hydrogens (primary N) is 1. The summed E-state index contributed by atoms with van der Waals surface area (Å²) in [4.78, 5) is 21.5. The normalized spacial score (nSPS) is 12.6. The molecule has 1 unspecified atom stereocenters. The Morgan fingerprint density at radius 2 is 2.29 bits per heavy atom. The van der Waals surface area contributed by atoms with Crippen LogP contribution in [0.1, 0.15) is 11.6 Å². The lowest BCUT2D eigenvalue weighted by molar-refractivity contribution is -0.138. The fraction of sp³-hybridized carbons (Fsp3) is 0.200. The molecule has 90 valence electrons. The van der Waals surface area contributed by atoms with Gasteiger partial charge in [0.2, 0.25) is 0 Å². The van der Waals surface area contributed by atoms with Crippen LogP contribution in [0.5, 0.6) is 5.75 Å². The molecule has 0 aliphatic carbocycles. The quantitative estimate of drug-likeness (QED) is 0.846. The van der Waals surface area contributed by atoms with E-state index in [0.717, 1.165) is 11.3 Å². The summed E-state index contributed by atoms with van der Waals surface area (Å²) >= 11 is 0.920. The minimum Gasteiger partial charge on any atom is -0.496 e. The van der Waals surface area contributed by atoms with Crippen molar-refractivity contribution in [3.8, 4) is 5.75 Å². The Balaban J connectivity index is 2.67. The van der Waals surface area contributed by atoms with Gasteiger partial charge in [-0.1, -0.05) is 11.3 Å². The summed E-state index contributed by atoms with van der Waals surface area (Å²) in [6, 6.07) is 1.74. The van der Waals surface area contributed by atoms with Crippen molar-refractivity contribution in [2.45, 2.75) is 6.04 Å². The van der Waals surface area contributed by atoms with Gasteiger partial charge in [0.05, 0.1) is 11.8 Å². The van der Waals surface area contributed by atoms with Gasteiger partial charge in [0.15, 0.2) is 0 Å². The van der Waals surface area contributed by atoms with E-state index in [1.807, 2.05) is 0 Å². The number of ether oxygens (including phenoxy) is 1. The van der Waals surface area contributed by atoms with Gasteiger partial charge in [0.25, 0.3) is 0 Å². The number of hydrogen-bond donors (Lipinski definition) is 2. The van der Waals surface area contributed by atoms with Crippen LogP contribution in [-0.4, -0.2) is 18.2 Å². The molecule has 1 aromatic carbocycles. The molecule has 2 rings (SSSR count). The highest BCUT2D eigenvalue weighted by atomic mass is 32.1. The molecule has 3 N–H and O–H groups in total. The topological polar surface area (TPSA) is 103 Å². The molecule has 0 saturated carbocycles. The first-order valence-corrected chi connectivity index (χ1v) is 5.44. The van der Waals surface area contributed by atoms with Gasteiger partial charge in [0, 0.05) is 11.6 Å². The second-order valence-electron chi connectivity index (χ2n) is 3.31. The summed E-state index contributed by atoms with van der Waals surface area (Å²) in [6.45, 7) is 0. The number of carbonyl (C=O) groups is 1. The summed E-state index contributed by atoms with van der Waals surface area (Å²) < 4.78 is 10.5. The summed E-state index contributed by atoms with van der Waals surface area (Å²) in [5, 5.41) is 8.86. The van der Waals surface area contributed by atoms with E-state index in [2.05, 4.69) is 0 Å². The predicted octanol–water partition coefficient (Wildman–Crippen LogP) is 0.948. The summed E-state index contributed by atoms with van der Waals surface area (Å²) in [6.07, 6.45) is 0.